The molecule has 2 heterocycles. The molecule has 1 aliphatic rings. The van der Waals surface area contributed by atoms with Crippen LogP contribution in [0.25, 0.3) is 86.5 Å². The van der Waals surface area contributed by atoms with Gasteiger partial charge in [0.15, 0.2) is 0 Å². The fraction of sp³-hybridized carbons (Fsp3) is 0.0638. The van der Waals surface area contributed by atoms with Gasteiger partial charge >= 0.3 is 0 Å². The lowest BCUT2D eigenvalue weighted by Gasteiger charge is -2.22. The minimum atomic E-state index is -0.171. The first-order chi connectivity index (χ1) is 24.5. The van der Waals surface area contributed by atoms with E-state index >= 15 is 0 Å². The average Bonchev–Trinajstić information content (AvgIpc) is 3.66. The van der Waals surface area contributed by atoms with Gasteiger partial charge in [0, 0.05) is 47.3 Å². The Morgan fingerprint density at radius 3 is 1.94 bits per heavy atom. The molecule has 50 heavy (non-hydrogen) atoms. The standard InChI is InChI=1S/C47H30N2S/c1-47(2)40-24-28(27-48)12-19-34(40)35-20-17-32(25-41(35)47)29-13-15-30(16-14-29)33-18-21-38-42(26-33)49-45(31-8-4-3-5-9-31)39-23-22-37-36-10-6-7-11-43(36)50-46(37)44(38)39/h3-26H,1-2H3. The first-order valence-corrected chi connectivity index (χ1v) is 17.8. The van der Waals surface area contributed by atoms with Crippen molar-refractivity contribution in [1.29, 1.82) is 5.26 Å². The second-order valence-corrected chi connectivity index (χ2v) is 14.9. The maximum atomic E-state index is 9.52. The molecule has 0 fully saturated rings. The van der Waals surface area contributed by atoms with Crippen molar-refractivity contribution < 1.29 is 0 Å². The van der Waals surface area contributed by atoms with Crippen molar-refractivity contribution in [1.82, 2.24) is 4.98 Å². The summed E-state index contributed by atoms with van der Waals surface area (Å²) in [5, 5.41) is 15.8. The van der Waals surface area contributed by atoms with Crippen molar-refractivity contribution in [3.63, 3.8) is 0 Å². The summed E-state index contributed by atoms with van der Waals surface area (Å²) in [7, 11) is 0. The van der Waals surface area contributed by atoms with Gasteiger partial charge in [-0.3, -0.25) is 0 Å². The number of rotatable bonds is 3. The molecule has 0 bridgehead atoms. The zero-order valence-electron chi connectivity index (χ0n) is 27.7. The first kappa shape index (κ1) is 28.9. The number of benzene rings is 7. The molecule has 3 heteroatoms. The number of pyridine rings is 1. The highest BCUT2D eigenvalue weighted by atomic mass is 32.1. The molecule has 10 rings (SSSR count). The van der Waals surface area contributed by atoms with Crippen molar-refractivity contribution in [2.24, 2.45) is 0 Å². The van der Waals surface area contributed by atoms with Crippen LogP contribution >= 0.6 is 11.3 Å². The Bertz CT molecular complexity index is 2890. The number of nitrogens with zero attached hydrogens (tertiary/aromatic N) is 2. The van der Waals surface area contributed by atoms with E-state index in [0.717, 1.165) is 27.9 Å². The molecule has 234 valence electrons. The molecule has 0 saturated carbocycles. The molecule has 2 nitrogen and oxygen atoms in total. The van der Waals surface area contributed by atoms with Crippen LogP contribution in [0.3, 0.4) is 0 Å². The van der Waals surface area contributed by atoms with Gasteiger partial charge in [0.2, 0.25) is 0 Å². The van der Waals surface area contributed by atoms with Crippen LogP contribution in [0.5, 0.6) is 0 Å². The number of aromatic nitrogens is 1. The highest BCUT2D eigenvalue weighted by Gasteiger charge is 2.35. The van der Waals surface area contributed by atoms with Gasteiger partial charge in [-0.05, 0) is 74.8 Å². The Kier molecular flexibility index (Phi) is 6.19. The molecule has 0 atom stereocenters. The molecule has 7 aromatic carbocycles. The zero-order chi connectivity index (χ0) is 33.6. The molecule has 0 N–H and O–H groups in total. The molecule has 0 radical (unpaired) electrons. The van der Waals surface area contributed by atoms with E-state index in [1.807, 2.05) is 17.4 Å². The topological polar surface area (TPSA) is 36.7 Å². The van der Waals surface area contributed by atoms with Crippen molar-refractivity contribution in [3.8, 4) is 50.7 Å². The summed E-state index contributed by atoms with van der Waals surface area (Å²) in [5.41, 5.74) is 13.4. The van der Waals surface area contributed by atoms with Gasteiger partial charge in [-0.15, -0.1) is 11.3 Å². The van der Waals surface area contributed by atoms with E-state index in [2.05, 4.69) is 159 Å². The maximum Gasteiger partial charge on any atom is 0.0991 e. The van der Waals surface area contributed by atoms with E-state index in [9.17, 15) is 5.26 Å². The third-order valence-corrected chi connectivity index (χ3v) is 11.9. The summed E-state index contributed by atoms with van der Waals surface area (Å²) in [6.45, 7) is 4.52. The molecule has 1 aliphatic carbocycles. The second kappa shape index (κ2) is 10.7. The third-order valence-electron chi connectivity index (χ3n) is 10.7. The van der Waals surface area contributed by atoms with Crippen LogP contribution in [0, 0.1) is 11.3 Å². The molecule has 0 aliphatic heterocycles. The van der Waals surface area contributed by atoms with Crippen LogP contribution in [0.2, 0.25) is 0 Å². The third kappa shape index (κ3) is 4.22. The predicted octanol–water partition coefficient (Wildman–Crippen LogP) is 12.9. The van der Waals surface area contributed by atoms with Crippen molar-refractivity contribution in [2.75, 3.05) is 0 Å². The van der Waals surface area contributed by atoms with E-state index in [-0.39, 0.29) is 5.41 Å². The van der Waals surface area contributed by atoms with Crippen LogP contribution in [0.15, 0.2) is 146 Å². The van der Waals surface area contributed by atoms with Gasteiger partial charge in [-0.1, -0.05) is 129 Å². The van der Waals surface area contributed by atoms with Gasteiger partial charge in [0.1, 0.15) is 0 Å². The van der Waals surface area contributed by atoms with Crippen molar-refractivity contribution in [2.45, 2.75) is 19.3 Å². The number of hydrogen-bond donors (Lipinski definition) is 0. The van der Waals surface area contributed by atoms with Crippen LogP contribution in [0.4, 0.5) is 0 Å². The normalized spacial score (nSPS) is 13.1. The van der Waals surface area contributed by atoms with Crippen LogP contribution in [-0.2, 0) is 5.41 Å². The van der Waals surface area contributed by atoms with Crippen LogP contribution in [-0.4, -0.2) is 4.98 Å². The Hall–Kier alpha value is -6.08. The summed E-state index contributed by atoms with van der Waals surface area (Å²) in [5.74, 6) is 0. The van der Waals surface area contributed by atoms with E-state index in [1.54, 1.807) is 0 Å². The molecule has 0 unspecified atom stereocenters. The largest absolute Gasteiger partial charge is 0.247 e. The van der Waals surface area contributed by atoms with E-state index in [4.69, 9.17) is 4.98 Å². The van der Waals surface area contributed by atoms with Gasteiger partial charge in [0.25, 0.3) is 0 Å². The fourth-order valence-corrected chi connectivity index (χ4v) is 9.37. The molecular formula is C47H30N2S. The Labute approximate surface area is 294 Å². The lowest BCUT2D eigenvalue weighted by Crippen LogP contribution is -2.15. The number of thiophene rings is 1. The van der Waals surface area contributed by atoms with Crippen molar-refractivity contribution in [3.05, 3.63) is 162 Å². The first-order valence-electron chi connectivity index (χ1n) is 17.0. The molecule has 0 spiro atoms. The Morgan fingerprint density at radius 2 is 1.16 bits per heavy atom. The van der Waals surface area contributed by atoms with Gasteiger partial charge in [-0.2, -0.15) is 5.26 Å². The van der Waals surface area contributed by atoms with Crippen molar-refractivity contribution >= 4 is 53.2 Å². The average molecular weight is 655 g/mol. The van der Waals surface area contributed by atoms with E-state index in [1.165, 1.54) is 69.7 Å². The summed E-state index contributed by atoms with van der Waals surface area (Å²) < 4.78 is 2.62. The highest BCUT2D eigenvalue weighted by molar-refractivity contribution is 7.26. The summed E-state index contributed by atoms with van der Waals surface area (Å²) in [4.78, 5) is 5.35. The maximum absolute atomic E-state index is 9.52. The van der Waals surface area contributed by atoms with Gasteiger partial charge in [-0.25, -0.2) is 4.98 Å². The molecule has 0 amide bonds. The lowest BCUT2D eigenvalue weighted by atomic mass is 9.81. The molecular weight excluding hydrogens is 625 g/mol. The minimum Gasteiger partial charge on any atom is -0.247 e. The summed E-state index contributed by atoms with van der Waals surface area (Å²) >= 11 is 1.87. The second-order valence-electron chi connectivity index (χ2n) is 13.9. The predicted molar refractivity (Wildman–Crippen MR) is 211 cm³/mol. The van der Waals surface area contributed by atoms with Crippen LogP contribution in [0.1, 0.15) is 30.5 Å². The van der Waals surface area contributed by atoms with Gasteiger partial charge < -0.3 is 0 Å². The minimum absolute atomic E-state index is 0.171. The zero-order valence-corrected chi connectivity index (χ0v) is 28.5. The quantitative estimate of drug-likeness (QED) is 0.178. The Morgan fingerprint density at radius 1 is 0.540 bits per heavy atom. The number of fused-ring (bicyclic) bond motifs is 10. The smallest absolute Gasteiger partial charge is 0.0991 e. The highest BCUT2D eigenvalue weighted by Crippen LogP contribution is 2.50. The summed E-state index contributed by atoms with van der Waals surface area (Å²) in [6.07, 6.45) is 0. The summed E-state index contributed by atoms with van der Waals surface area (Å²) in [6, 6.07) is 54.7. The van der Waals surface area contributed by atoms with E-state index in [0.29, 0.717) is 5.56 Å². The Balaban J connectivity index is 1.08. The number of hydrogen-bond acceptors (Lipinski definition) is 3. The SMILES string of the molecule is CC1(C)c2cc(C#N)ccc2-c2ccc(-c3ccc(-c4ccc5c(c4)nc(-c4ccccc4)c4ccc6c7ccccc7sc6c45)cc3)cc21. The monoisotopic (exact) mass is 654 g/mol. The van der Waals surface area contributed by atoms with E-state index < -0.39 is 0 Å². The number of nitriles is 1. The lowest BCUT2D eigenvalue weighted by molar-refractivity contribution is 0.660. The molecule has 9 aromatic rings. The fourth-order valence-electron chi connectivity index (χ4n) is 8.11. The molecule has 0 saturated heterocycles. The molecule has 2 aromatic heterocycles. The van der Waals surface area contributed by atoms with Crippen LogP contribution < -0.4 is 0 Å². The van der Waals surface area contributed by atoms with Gasteiger partial charge in [0.05, 0.1) is 22.8 Å².